The van der Waals surface area contributed by atoms with E-state index < -0.39 is 0 Å². The molecule has 3 N–H and O–H groups in total. The molecule has 1 aromatic rings. The Kier molecular flexibility index (Phi) is 5.77. The molecule has 0 aliphatic heterocycles. The number of rotatable bonds is 7. The van der Waals surface area contributed by atoms with Crippen LogP contribution in [0.5, 0.6) is 0 Å². The molecule has 0 fully saturated rings. The van der Waals surface area contributed by atoms with Crippen molar-refractivity contribution < 1.29 is 4.79 Å². The van der Waals surface area contributed by atoms with Gasteiger partial charge in [0.25, 0.3) is 5.91 Å². The minimum Gasteiger partial charge on any atom is -0.393 e. The number of hydrogen-bond donors (Lipinski definition) is 2. The maximum Gasteiger partial charge on any atom is 0.269 e. The highest BCUT2D eigenvalue weighted by molar-refractivity contribution is 7.80. The fourth-order valence-corrected chi connectivity index (χ4v) is 1.77. The molecule has 0 spiro atoms. The summed E-state index contributed by atoms with van der Waals surface area (Å²) >= 11 is 4.78. The van der Waals surface area contributed by atoms with Crippen LogP contribution in [0.2, 0.25) is 0 Å². The highest BCUT2D eigenvalue weighted by atomic mass is 32.1. The lowest BCUT2D eigenvalue weighted by molar-refractivity contribution is 0.0942. The summed E-state index contributed by atoms with van der Waals surface area (Å²) in [5, 5.41) is 7.19. The standard InChI is InChI=1S/C12H20N4OS/c1-3-9-8-10(16(4-2)15-9)12(17)14-7-5-6-11(13)18/h8H,3-7H2,1-2H3,(H2,13,18)(H,14,17). The number of thiocarbonyl (C=S) groups is 1. The first kappa shape index (κ1) is 14.6. The van der Waals surface area contributed by atoms with E-state index in [1.54, 1.807) is 4.68 Å². The van der Waals surface area contributed by atoms with Crippen molar-refractivity contribution >= 4 is 23.1 Å². The fraction of sp³-hybridized carbons (Fsp3) is 0.583. The van der Waals surface area contributed by atoms with Crippen LogP contribution in [-0.4, -0.2) is 27.2 Å². The third-order valence-electron chi connectivity index (χ3n) is 2.61. The summed E-state index contributed by atoms with van der Waals surface area (Å²) in [6, 6.07) is 1.84. The van der Waals surface area contributed by atoms with E-state index in [1.807, 2.05) is 19.9 Å². The van der Waals surface area contributed by atoms with Gasteiger partial charge in [0, 0.05) is 13.1 Å². The maximum atomic E-state index is 12.0. The van der Waals surface area contributed by atoms with E-state index in [9.17, 15) is 4.79 Å². The predicted octanol–water partition coefficient (Wildman–Crippen LogP) is 1.26. The van der Waals surface area contributed by atoms with Gasteiger partial charge >= 0.3 is 0 Å². The monoisotopic (exact) mass is 268 g/mol. The number of carbonyl (C=O) groups excluding carboxylic acids is 1. The molecule has 1 amide bonds. The second kappa shape index (κ2) is 7.10. The minimum atomic E-state index is -0.0908. The summed E-state index contributed by atoms with van der Waals surface area (Å²) in [6.07, 6.45) is 2.25. The minimum absolute atomic E-state index is 0.0908. The summed E-state index contributed by atoms with van der Waals surface area (Å²) in [4.78, 5) is 12.4. The van der Waals surface area contributed by atoms with Crippen molar-refractivity contribution in [1.82, 2.24) is 15.1 Å². The predicted molar refractivity (Wildman–Crippen MR) is 75.6 cm³/mol. The molecule has 0 unspecified atom stereocenters. The Labute approximate surface area is 113 Å². The van der Waals surface area contributed by atoms with Gasteiger partial charge in [-0.3, -0.25) is 9.48 Å². The van der Waals surface area contributed by atoms with Crippen LogP contribution in [0.3, 0.4) is 0 Å². The number of nitrogens with two attached hydrogens (primary N) is 1. The zero-order valence-electron chi connectivity index (χ0n) is 10.9. The van der Waals surface area contributed by atoms with E-state index in [1.165, 1.54) is 0 Å². The van der Waals surface area contributed by atoms with Gasteiger partial charge < -0.3 is 11.1 Å². The van der Waals surface area contributed by atoms with Crippen molar-refractivity contribution in [3.05, 3.63) is 17.5 Å². The van der Waals surface area contributed by atoms with Crippen molar-refractivity contribution in [2.75, 3.05) is 6.54 Å². The van der Waals surface area contributed by atoms with Crippen molar-refractivity contribution in [2.24, 2.45) is 5.73 Å². The Morgan fingerprint density at radius 3 is 2.83 bits per heavy atom. The van der Waals surface area contributed by atoms with E-state index in [4.69, 9.17) is 18.0 Å². The van der Waals surface area contributed by atoms with Crippen LogP contribution in [-0.2, 0) is 13.0 Å². The Balaban J connectivity index is 2.55. The summed E-state index contributed by atoms with van der Waals surface area (Å²) < 4.78 is 1.72. The molecule has 1 aromatic heterocycles. The number of amides is 1. The number of nitrogens with zero attached hydrogens (tertiary/aromatic N) is 2. The van der Waals surface area contributed by atoms with E-state index in [0.717, 1.165) is 18.5 Å². The van der Waals surface area contributed by atoms with Gasteiger partial charge in [0.1, 0.15) is 5.69 Å². The Bertz CT molecular complexity index is 428. The smallest absolute Gasteiger partial charge is 0.269 e. The summed E-state index contributed by atoms with van der Waals surface area (Å²) in [5.74, 6) is -0.0908. The number of hydrogen-bond acceptors (Lipinski definition) is 3. The lowest BCUT2D eigenvalue weighted by atomic mass is 10.2. The first-order chi connectivity index (χ1) is 8.58. The third kappa shape index (κ3) is 4.10. The van der Waals surface area contributed by atoms with Crippen LogP contribution in [0.4, 0.5) is 0 Å². The third-order valence-corrected chi connectivity index (χ3v) is 2.81. The average molecular weight is 268 g/mol. The van der Waals surface area contributed by atoms with Crippen LogP contribution >= 0.6 is 12.2 Å². The maximum absolute atomic E-state index is 12.0. The molecule has 100 valence electrons. The summed E-state index contributed by atoms with van der Waals surface area (Å²) in [5.41, 5.74) is 6.94. The topological polar surface area (TPSA) is 72.9 Å². The largest absolute Gasteiger partial charge is 0.393 e. The first-order valence-corrected chi connectivity index (χ1v) is 6.62. The second-order valence-electron chi connectivity index (χ2n) is 4.02. The van der Waals surface area contributed by atoms with Gasteiger partial charge in [-0.25, -0.2) is 0 Å². The summed E-state index contributed by atoms with van der Waals surface area (Å²) in [7, 11) is 0. The van der Waals surface area contributed by atoms with Gasteiger partial charge in [-0.1, -0.05) is 19.1 Å². The van der Waals surface area contributed by atoms with Gasteiger partial charge in [0.05, 0.1) is 10.7 Å². The SMILES string of the molecule is CCc1cc(C(=O)NCCCC(N)=S)n(CC)n1. The highest BCUT2D eigenvalue weighted by Crippen LogP contribution is 2.05. The number of aryl methyl sites for hydroxylation is 2. The quantitative estimate of drug-likeness (QED) is 0.577. The highest BCUT2D eigenvalue weighted by Gasteiger charge is 2.13. The molecule has 0 bridgehead atoms. The Morgan fingerprint density at radius 2 is 2.28 bits per heavy atom. The molecule has 1 heterocycles. The molecule has 6 heteroatoms. The summed E-state index contributed by atoms with van der Waals surface area (Å²) in [6.45, 7) is 5.25. The lowest BCUT2D eigenvalue weighted by Gasteiger charge is -2.06. The zero-order valence-corrected chi connectivity index (χ0v) is 11.7. The molecule has 0 saturated heterocycles. The van der Waals surface area contributed by atoms with Crippen LogP contribution in [0.1, 0.15) is 42.9 Å². The molecular formula is C12H20N4OS. The molecule has 0 aliphatic rings. The average Bonchev–Trinajstić information content (AvgIpc) is 2.77. The van der Waals surface area contributed by atoms with Gasteiger partial charge in [0.2, 0.25) is 0 Å². The van der Waals surface area contributed by atoms with Gasteiger partial charge in [-0.05, 0) is 32.3 Å². The van der Waals surface area contributed by atoms with Crippen LogP contribution in [0.25, 0.3) is 0 Å². The normalized spacial score (nSPS) is 10.3. The molecule has 1 rings (SSSR count). The van der Waals surface area contributed by atoms with Crippen LogP contribution in [0.15, 0.2) is 6.07 Å². The fourth-order valence-electron chi connectivity index (χ4n) is 1.62. The van der Waals surface area contributed by atoms with Gasteiger partial charge in [0.15, 0.2) is 0 Å². The van der Waals surface area contributed by atoms with E-state index >= 15 is 0 Å². The van der Waals surface area contributed by atoms with E-state index in [-0.39, 0.29) is 5.91 Å². The molecular weight excluding hydrogens is 248 g/mol. The number of nitrogens with one attached hydrogen (secondary N) is 1. The molecule has 0 aromatic carbocycles. The molecule has 18 heavy (non-hydrogen) atoms. The van der Waals surface area contributed by atoms with Crippen molar-refractivity contribution in [1.29, 1.82) is 0 Å². The first-order valence-electron chi connectivity index (χ1n) is 6.21. The number of carbonyl (C=O) groups is 1. The van der Waals surface area contributed by atoms with Crippen LogP contribution < -0.4 is 11.1 Å². The van der Waals surface area contributed by atoms with Crippen LogP contribution in [0, 0.1) is 0 Å². The van der Waals surface area contributed by atoms with Gasteiger partial charge in [-0.2, -0.15) is 5.10 Å². The number of aromatic nitrogens is 2. The van der Waals surface area contributed by atoms with Crippen molar-refractivity contribution in [3.8, 4) is 0 Å². The van der Waals surface area contributed by atoms with E-state index in [0.29, 0.717) is 30.2 Å². The lowest BCUT2D eigenvalue weighted by Crippen LogP contribution is -2.27. The molecule has 0 saturated carbocycles. The molecule has 5 nitrogen and oxygen atoms in total. The van der Waals surface area contributed by atoms with Crippen molar-refractivity contribution in [3.63, 3.8) is 0 Å². The Hall–Kier alpha value is -1.43. The van der Waals surface area contributed by atoms with Crippen molar-refractivity contribution in [2.45, 2.75) is 39.7 Å². The zero-order chi connectivity index (χ0) is 13.5. The molecule has 0 aliphatic carbocycles. The van der Waals surface area contributed by atoms with E-state index in [2.05, 4.69) is 10.4 Å². The molecule has 0 radical (unpaired) electrons. The Morgan fingerprint density at radius 1 is 1.56 bits per heavy atom. The van der Waals surface area contributed by atoms with Gasteiger partial charge in [-0.15, -0.1) is 0 Å². The second-order valence-corrected chi connectivity index (χ2v) is 4.54. The molecule has 0 atom stereocenters.